The lowest BCUT2D eigenvalue weighted by Crippen LogP contribution is -1.81. The summed E-state index contributed by atoms with van der Waals surface area (Å²) in [7, 11) is 0. The van der Waals surface area contributed by atoms with Gasteiger partial charge in [0, 0.05) is 11.1 Å². The van der Waals surface area contributed by atoms with Crippen LogP contribution in [0.3, 0.4) is 0 Å². The van der Waals surface area contributed by atoms with E-state index in [0.29, 0.717) is 4.77 Å². The van der Waals surface area contributed by atoms with E-state index in [1.807, 2.05) is 36.4 Å². The maximum atomic E-state index is 5.32. The maximum absolute atomic E-state index is 5.32. The molecule has 0 atom stereocenters. The number of H-pyrrole nitrogens is 2. The molecule has 3 rings (SSSR count). The molecular weight excluding hydrogens is 234 g/mol. The van der Waals surface area contributed by atoms with Crippen molar-refractivity contribution in [1.29, 1.82) is 0 Å². The van der Waals surface area contributed by atoms with Crippen molar-refractivity contribution >= 4 is 12.2 Å². The Morgan fingerprint density at radius 3 is 2.35 bits per heavy atom. The van der Waals surface area contributed by atoms with Gasteiger partial charge in [0.1, 0.15) is 5.76 Å². The van der Waals surface area contributed by atoms with Crippen molar-refractivity contribution in [3.63, 3.8) is 0 Å². The van der Waals surface area contributed by atoms with Crippen LogP contribution in [0.2, 0.25) is 0 Å². The summed E-state index contributed by atoms with van der Waals surface area (Å²) in [6.07, 6.45) is 1.66. The summed E-state index contributed by atoms with van der Waals surface area (Å²) >= 11 is 4.91. The van der Waals surface area contributed by atoms with E-state index in [1.54, 1.807) is 6.26 Å². The van der Waals surface area contributed by atoms with E-state index in [9.17, 15) is 0 Å². The van der Waals surface area contributed by atoms with Gasteiger partial charge in [-0.2, -0.15) is 4.98 Å². The normalized spacial score (nSPS) is 10.6. The van der Waals surface area contributed by atoms with Crippen molar-refractivity contribution in [1.82, 2.24) is 15.2 Å². The summed E-state index contributed by atoms with van der Waals surface area (Å²) in [6.45, 7) is 0. The molecule has 2 N–H and O–H groups in total. The first-order valence-electron chi connectivity index (χ1n) is 5.12. The Bertz CT molecular complexity index is 664. The highest BCUT2D eigenvalue weighted by Crippen LogP contribution is 2.22. The molecule has 3 aromatic rings. The van der Waals surface area contributed by atoms with Crippen LogP contribution in [0, 0.1) is 4.77 Å². The number of rotatable bonds is 2. The number of nitrogens with one attached hydrogen (secondary N) is 2. The van der Waals surface area contributed by atoms with Crippen molar-refractivity contribution in [3.05, 3.63) is 47.4 Å². The first-order valence-corrected chi connectivity index (χ1v) is 5.53. The summed E-state index contributed by atoms with van der Waals surface area (Å²) in [4.78, 5) is 4.15. The Morgan fingerprint density at radius 2 is 1.76 bits per heavy atom. The summed E-state index contributed by atoms with van der Waals surface area (Å²) in [5.74, 6) is 1.59. The number of benzene rings is 1. The monoisotopic (exact) mass is 243 g/mol. The van der Waals surface area contributed by atoms with Crippen LogP contribution in [0.15, 0.2) is 47.1 Å². The molecule has 0 aliphatic carbocycles. The molecule has 0 aliphatic heterocycles. The molecule has 0 aliphatic rings. The largest absolute Gasteiger partial charge is 0.464 e. The molecule has 17 heavy (non-hydrogen) atoms. The van der Waals surface area contributed by atoms with Gasteiger partial charge in [0.15, 0.2) is 5.82 Å². The minimum absolute atomic E-state index is 0.454. The van der Waals surface area contributed by atoms with Gasteiger partial charge in [-0.1, -0.05) is 24.3 Å². The van der Waals surface area contributed by atoms with Gasteiger partial charge in [0.2, 0.25) is 4.77 Å². The molecule has 84 valence electrons. The Balaban J connectivity index is 1.98. The lowest BCUT2D eigenvalue weighted by molar-refractivity contribution is 0.582. The van der Waals surface area contributed by atoms with Gasteiger partial charge in [-0.3, -0.25) is 10.2 Å². The molecule has 0 amide bonds. The van der Waals surface area contributed by atoms with Crippen LogP contribution in [0.4, 0.5) is 0 Å². The van der Waals surface area contributed by atoms with E-state index < -0.39 is 0 Å². The lowest BCUT2D eigenvalue weighted by Gasteiger charge is -1.99. The van der Waals surface area contributed by atoms with E-state index in [0.717, 1.165) is 22.7 Å². The van der Waals surface area contributed by atoms with E-state index >= 15 is 0 Å². The third-order valence-corrected chi connectivity index (χ3v) is 2.66. The second kappa shape index (κ2) is 4.03. The molecule has 1 aromatic carbocycles. The molecule has 0 saturated carbocycles. The molecule has 0 bridgehead atoms. The number of hydrogen-bond donors (Lipinski definition) is 2. The van der Waals surface area contributed by atoms with Gasteiger partial charge < -0.3 is 4.42 Å². The molecular formula is C12H9N3OS. The van der Waals surface area contributed by atoms with Crippen LogP contribution < -0.4 is 0 Å². The first kappa shape index (κ1) is 10.0. The molecule has 0 fully saturated rings. The van der Waals surface area contributed by atoms with Crippen molar-refractivity contribution in [3.8, 4) is 22.7 Å². The Labute approximate surface area is 102 Å². The van der Waals surface area contributed by atoms with E-state index in [2.05, 4.69) is 15.2 Å². The van der Waals surface area contributed by atoms with E-state index in [1.165, 1.54) is 0 Å². The molecule has 0 unspecified atom stereocenters. The second-order valence-electron chi connectivity index (χ2n) is 3.57. The van der Waals surface area contributed by atoms with E-state index in [-0.39, 0.29) is 0 Å². The minimum Gasteiger partial charge on any atom is -0.464 e. The fourth-order valence-corrected chi connectivity index (χ4v) is 1.78. The quantitative estimate of drug-likeness (QED) is 0.678. The first-order chi connectivity index (χ1) is 8.33. The summed E-state index contributed by atoms with van der Waals surface area (Å²) < 4.78 is 5.78. The van der Waals surface area contributed by atoms with Gasteiger partial charge in [-0.05, 0) is 24.4 Å². The second-order valence-corrected chi connectivity index (χ2v) is 3.96. The van der Waals surface area contributed by atoms with Crippen molar-refractivity contribution < 1.29 is 4.42 Å². The van der Waals surface area contributed by atoms with Crippen LogP contribution in [-0.4, -0.2) is 15.2 Å². The van der Waals surface area contributed by atoms with Crippen LogP contribution in [-0.2, 0) is 0 Å². The zero-order chi connectivity index (χ0) is 11.7. The third kappa shape index (κ3) is 1.92. The number of hydrogen-bond acceptors (Lipinski definition) is 3. The molecule has 5 heteroatoms. The maximum Gasteiger partial charge on any atom is 0.213 e. The van der Waals surface area contributed by atoms with Gasteiger partial charge in [-0.15, -0.1) is 0 Å². The smallest absolute Gasteiger partial charge is 0.213 e. The van der Waals surface area contributed by atoms with Crippen molar-refractivity contribution in [2.45, 2.75) is 0 Å². The Kier molecular flexibility index (Phi) is 2.38. The Hall–Kier alpha value is -2.14. The third-order valence-electron chi connectivity index (χ3n) is 2.47. The Morgan fingerprint density at radius 1 is 1.00 bits per heavy atom. The average Bonchev–Trinajstić information content (AvgIpc) is 3.00. The topological polar surface area (TPSA) is 57.6 Å². The van der Waals surface area contributed by atoms with Gasteiger partial charge in [-0.25, -0.2) is 0 Å². The minimum atomic E-state index is 0.454. The fraction of sp³-hybridized carbons (Fsp3) is 0. The molecule has 4 nitrogen and oxygen atoms in total. The number of aromatic amines is 2. The molecule has 0 spiro atoms. The highest BCUT2D eigenvalue weighted by molar-refractivity contribution is 7.71. The van der Waals surface area contributed by atoms with Gasteiger partial charge >= 0.3 is 0 Å². The fourth-order valence-electron chi connectivity index (χ4n) is 1.64. The SMILES string of the molecule is S=c1nc(-c2ccc(-c3ccco3)cc2)[nH][nH]1. The molecule has 2 aromatic heterocycles. The number of nitrogens with zero attached hydrogens (tertiary/aromatic N) is 1. The van der Waals surface area contributed by atoms with Crippen LogP contribution >= 0.6 is 12.2 Å². The zero-order valence-corrected chi connectivity index (χ0v) is 9.62. The zero-order valence-electron chi connectivity index (χ0n) is 8.81. The lowest BCUT2D eigenvalue weighted by atomic mass is 10.1. The van der Waals surface area contributed by atoms with Gasteiger partial charge in [0.05, 0.1) is 6.26 Å². The predicted molar refractivity (Wildman–Crippen MR) is 66.9 cm³/mol. The summed E-state index contributed by atoms with van der Waals surface area (Å²) in [5, 5.41) is 5.68. The average molecular weight is 243 g/mol. The highest BCUT2D eigenvalue weighted by Gasteiger charge is 2.03. The molecule has 0 radical (unpaired) electrons. The van der Waals surface area contributed by atoms with Crippen molar-refractivity contribution in [2.75, 3.05) is 0 Å². The van der Waals surface area contributed by atoms with Crippen LogP contribution in [0.1, 0.15) is 0 Å². The molecule has 2 heterocycles. The number of furan rings is 1. The summed E-state index contributed by atoms with van der Waals surface area (Å²) in [5.41, 5.74) is 2.01. The van der Waals surface area contributed by atoms with Crippen molar-refractivity contribution in [2.24, 2.45) is 0 Å². The van der Waals surface area contributed by atoms with Crippen LogP contribution in [0.25, 0.3) is 22.7 Å². The predicted octanol–water partition coefficient (Wildman–Crippen LogP) is 3.39. The number of aromatic nitrogens is 3. The summed E-state index contributed by atoms with van der Waals surface area (Å²) in [6, 6.07) is 11.7. The highest BCUT2D eigenvalue weighted by atomic mass is 32.1. The van der Waals surface area contributed by atoms with Gasteiger partial charge in [0.25, 0.3) is 0 Å². The van der Waals surface area contributed by atoms with Crippen LogP contribution in [0.5, 0.6) is 0 Å². The standard InChI is InChI=1S/C12H9N3OS/c17-12-13-11(14-15-12)9-5-3-8(4-6-9)10-2-1-7-16-10/h1-7H,(H2,13,14,15,17). The van der Waals surface area contributed by atoms with E-state index in [4.69, 9.17) is 16.6 Å². The molecule has 0 saturated heterocycles.